The third kappa shape index (κ3) is 12.6. The highest BCUT2D eigenvalue weighted by atomic mass is 16.6. The summed E-state index contributed by atoms with van der Waals surface area (Å²) in [5, 5.41) is 3.81. The fraction of sp³-hybridized carbons (Fsp3) is 0.889. The molecule has 68 valence electrons. The Kier molecular flexibility index (Phi) is 11.3. The molecule has 0 saturated heterocycles. The molecule has 0 fully saturated rings. The van der Waals surface area contributed by atoms with Crippen molar-refractivity contribution in [2.24, 2.45) is 5.16 Å². The van der Waals surface area contributed by atoms with Gasteiger partial charge in [-0.05, 0) is 27.2 Å². The van der Waals surface area contributed by atoms with Crippen LogP contribution in [0.5, 0.6) is 0 Å². The van der Waals surface area contributed by atoms with Crippen molar-refractivity contribution in [1.82, 2.24) is 0 Å². The van der Waals surface area contributed by atoms with Gasteiger partial charge >= 0.3 is 0 Å². The van der Waals surface area contributed by atoms with Crippen LogP contribution in [0.15, 0.2) is 5.16 Å². The highest BCUT2D eigenvalue weighted by molar-refractivity contribution is 5.78. The van der Waals surface area contributed by atoms with E-state index in [-0.39, 0.29) is 6.10 Å². The first kappa shape index (κ1) is 13.1. The van der Waals surface area contributed by atoms with Crippen molar-refractivity contribution in [2.75, 3.05) is 0 Å². The molecule has 0 aliphatic rings. The summed E-state index contributed by atoms with van der Waals surface area (Å²) in [6, 6.07) is 0. The van der Waals surface area contributed by atoms with E-state index in [2.05, 4.69) is 12.1 Å². The number of rotatable bonds is 3. The number of hydrogen-bond acceptors (Lipinski definition) is 2. The topological polar surface area (TPSA) is 21.6 Å². The van der Waals surface area contributed by atoms with Crippen LogP contribution in [0.2, 0.25) is 0 Å². The molecule has 0 rings (SSSR count). The molecule has 0 aliphatic carbocycles. The molecule has 0 spiro atoms. The van der Waals surface area contributed by atoms with E-state index in [0.29, 0.717) is 0 Å². The maximum absolute atomic E-state index is 5.04. The highest BCUT2D eigenvalue weighted by Gasteiger charge is 1.94. The van der Waals surface area contributed by atoms with Gasteiger partial charge in [0.1, 0.15) is 6.10 Å². The van der Waals surface area contributed by atoms with Crippen LogP contribution in [0, 0.1) is 0 Å². The molecule has 2 nitrogen and oxygen atoms in total. The minimum atomic E-state index is 0.250. The van der Waals surface area contributed by atoms with Crippen LogP contribution in [-0.4, -0.2) is 11.8 Å². The predicted octanol–water partition coefficient (Wildman–Crippen LogP) is 3.22. The van der Waals surface area contributed by atoms with Crippen LogP contribution < -0.4 is 0 Å². The third-order valence-electron chi connectivity index (χ3n) is 0.990. The fourth-order valence-corrected chi connectivity index (χ4v) is 0.270. The van der Waals surface area contributed by atoms with Gasteiger partial charge in [0.2, 0.25) is 0 Å². The molecular weight excluding hydrogens is 138 g/mol. The van der Waals surface area contributed by atoms with Gasteiger partial charge < -0.3 is 4.84 Å². The Morgan fingerprint density at radius 3 is 2.09 bits per heavy atom. The number of hydrogen-bond donors (Lipinski definition) is 0. The van der Waals surface area contributed by atoms with Gasteiger partial charge in [0, 0.05) is 0 Å². The monoisotopic (exact) mass is 159 g/mol. The van der Waals surface area contributed by atoms with Crippen molar-refractivity contribution in [3.63, 3.8) is 0 Å². The van der Waals surface area contributed by atoms with Gasteiger partial charge in [-0.15, -0.1) is 0 Å². The smallest absolute Gasteiger partial charge is 0.124 e. The molecule has 11 heavy (non-hydrogen) atoms. The van der Waals surface area contributed by atoms with Crippen LogP contribution in [0.4, 0.5) is 0 Å². The van der Waals surface area contributed by atoms with Crippen LogP contribution >= 0.6 is 0 Å². The lowest BCUT2D eigenvalue weighted by Gasteiger charge is -2.04. The summed E-state index contributed by atoms with van der Waals surface area (Å²) in [4.78, 5) is 5.04. The number of oxime groups is 1. The Hall–Kier alpha value is -0.530. The normalized spacial score (nSPS) is 10.7. The summed E-state index contributed by atoms with van der Waals surface area (Å²) in [5.74, 6) is 0. The summed E-state index contributed by atoms with van der Waals surface area (Å²) >= 11 is 0. The van der Waals surface area contributed by atoms with Crippen molar-refractivity contribution in [1.29, 1.82) is 0 Å². The maximum Gasteiger partial charge on any atom is 0.124 e. The molecule has 0 heterocycles. The van der Waals surface area contributed by atoms with Crippen LogP contribution in [-0.2, 0) is 4.84 Å². The van der Waals surface area contributed by atoms with Crippen molar-refractivity contribution < 1.29 is 4.84 Å². The Balaban J connectivity index is 0. The minimum absolute atomic E-state index is 0.250. The molecule has 0 N–H and O–H groups in total. The van der Waals surface area contributed by atoms with E-state index in [1.807, 2.05) is 34.6 Å². The lowest BCUT2D eigenvalue weighted by atomic mass is 10.3. The van der Waals surface area contributed by atoms with Crippen LogP contribution in [0.1, 0.15) is 48.0 Å². The average Bonchev–Trinajstić information content (AvgIpc) is 2.04. The van der Waals surface area contributed by atoms with Crippen molar-refractivity contribution in [3.05, 3.63) is 0 Å². The molecule has 1 unspecified atom stereocenters. The summed E-state index contributed by atoms with van der Waals surface area (Å²) in [6.07, 6.45) is 1.26. The van der Waals surface area contributed by atoms with Crippen molar-refractivity contribution in [2.45, 2.75) is 54.1 Å². The highest BCUT2D eigenvalue weighted by Crippen LogP contribution is 1.95. The molecule has 0 amide bonds. The van der Waals surface area contributed by atoms with Gasteiger partial charge in [0.15, 0.2) is 0 Å². The fourth-order valence-electron chi connectivity index (χ4n) is 0.270. The van der Waals surface area contributed by atoms with E-state index < -0.39 is 0 Å². The molecule has 1 atom stereocenters. The zero-order chi connectivity index (χ0) is 9.28. The third-order valence-corrected chi connectivity index (χ3v) is 0.990. The summed E-state index contributed by atoms with van der Waals surface area (Å²) < 4.78 is 0. The lowest BCUT2D eigenvalue weighted by molar-refractivity contribution is 0.0697. The SMILES string of the molecule is CC.CCC(C)ON=C(C)C. The first-order chi connectivity index (χ1) is 5.16. The Morgan fingerprint density at radius 2 is 1.82 bits per heavy atom. The summed E-state index contributed by atoms with van der Waals surface area (Å²) in [5.41, 5.74) is 0.968. The second kappa shape index (κ2) is 9.47. The van der Waals surface area contributed by atoms with Gasteiger partial charge in [0.25, 0.3) is 0 Å². The first-order valence-electron chi connectivity index (χ1n) is 4.33. The van der Waals surface area contributed by atoms with Gasteiger partial charge in [-0.25, -0.2) is 0 Å². The van der Waals surface area contributed by atoms with Gasteiger partial charge in [-0.1, -0.05) is 25.9 Å². The zero-order valence-corrected chi connectivity index (χ0v) is 8.64. The van der Waals surface area contributed by atoms with Crippen molar-refractivity contribution in [3.8, 4) is 0 Å². The van der Waals surface area contributed by atoms with Crippen LogP contribution in [0.25, 0.3) is 0 Å². The quantitative estimate of drug-likeness (QED) is 0.457. The number of nitrogens with zero attached hydrogens (tertiary/aromatic N) is 1. The zero-order valence-electron chi connectivity index (χ0n) is 8.64. The van der Waals surface area contributed by atoms with E-state index in [1.54, 1.807) is 0 Å². The molecule has 0 radical (unpaired) electrons. The van der Waals surface area contributed by atoms with E-state index in [4.69, 9.17) is 4.84 Å². The second-order valence-electron chi connectivity index (χ2n) is 2.36. The predicted molar refractivity (Wildman–Crippen MR) is 51.0 cm³/mol. The molecule has 0 aromatic rings. The molecular formula is C9H21NO. The minimum Gasteiger partial charge on any atom is -0.393 e. The maximum atomic E-state index is 5.04. The summed E-state index contributed by atoms with van der Waals surface area (Å²) in [6.45, 7) is 11.9. The van der Waals surface area contributed by atoms with Gasteiger partial charge in [0.05, 0.1) is 5.71 Å². The Morgan fingerprint density at radius 1 is 1.36 bits per heavy atom. The standard InChI is InChI=1S/C7H15NO.C2H6/c1-5-7(4)9-8-6(2)3;1-2/h7H,5H2,1-4H3;1-2H3. The summed E-state index contributed by atoms with van der Waals surface area (Å²) in [7, 11) is 0. The largest absolute Gasteiger partial charge is 0.393 e. The van der Waals surface area contributed by atoms with Gasteiger partial charge in [-0.2, -0.15) is 0 Å². The Bertz CT molecular complexity index is 95.7. The van der Waals surface area contributed by atoms with E-state index in [1.165, 1.54) is 0 Å². The Labute approximate surface area is 70.6 Å². The molecule has 0 aromatic heterocycles. The van der Waals surface area contributed by atoms with Gasteiger partial charge in [-0.3, -0.25) is 0 Å². The second-order valence-corrected chi connectivity index (χ2v) is 2.36. The van der Waals surface area contributed by atoms with E-state index >= 15 is 0 Å². The first-order valence-corrected chi connectivity index (χ1v) is 4.33. The molecule has 0 aliphatic heterocycles. The average molecular weight is 159 g/mol. The molecule has 0 aromatic carbocycles. The molecule has 2 heteroatoms. The molecule has 0 saturated carbocycles. The van der Waals surface area contributed by atoms with Crippen LogP contribution in [0.3, 0.4) is 0 Å². The molecule has 0 bridgehead atoms. The van der Waals surface area contributed by atoms with E-state index in [0.717, 1.165) is 12.1 Å². The van der Waals surface area contributed by atoms with E-state index in [9.17, 15) is 0 Å². The van der Waals surface area contributed by atoms with Crippen molar-refractivity contribution >= 4 is 5.71 Å². The lowest BCUT2D eigenvalue weighted by Crippen LogP contribution is -2.02.